The van der Waals surface area contributed by atoms with Gasteiger partial charge in [0.15, 0.2) is 5.75 Å². The number of H-pyrrole nitrogens is 1. The van der Waals surface area contributed by atoms with Crippen molar-refractivity contribution in [3.05, 3.63) is 108 Å². The Morgan fingerprint density at radius 3 is 2.46 bits per heavy atom. The van der Waals surface area contributed by atoms with Gasteiger partial charge in [-0.2, -0.15) is 9.78 Å². The van der Waals surface area contributed by atoms with E-state index in [1.165, 1.54) is 18.2 Å². The smallest absolute Gasteiger partial charge is 0.349 e. The second kappa shape index (κ2) is 10.7. The van der Waals surface area contributed by atoms with Crippen LogP contribution in [0.5, 0.6) is 17.2 Å². The minimum atomic E-state index is -0.688. The molecule has 0 saturated heterocycles. The highest BCUT2D eigenvalue weighted by molar-refractivity contribution is 9.11. The molecular weight excluding hydrogens is 584 g/mol. The van der Waals surface area contributed by atoms with E-state index >= 15 is 0 Å². The van der Waals surface area contributed by atoms with Gasteiger partial charge in [-0.1, -0.05) is 30.3 Å². The van der Waals surface area contributed by atoms with Crippen LogP contribution in [0, 0.1) is 0 Å². The highest BCUT2D eigenvalue weighted by Gasteiger charge is 2.16. The Bertz CT molecular complexity index is 1480. The molecule has 0 radical (unpaired) electrons. The molecule has 1 aromatic heterocycles. The molecule has 0 aliphatic rings. The quantitative estimate of drug-likeness (QED) is 0.295. The van der Waals surface area contributed by atoms with Crippen LogP contribution in [0.4, 0.5) is 0 Å². The van der Waals surface area contributed by atoms with Gasteiger partial charge in [0.2, 0.25) is 0 Å². The number of nitrogens with zero attached hydrogens (tertiary/aromatic N) is 2. The van der Waals surface area contributed by atoms with Crippen LogP contribution in [0.3, 0.4) is 0 Å². The highest BCUT2D eigenvalue weighted by atomic mass is 79.9. The molecule has 35 heavy (non-hydrogen) atoms. The topological polar surface area (TPSA) is 126 Å². The second-order valence-electron chi connectivity index (χ2n) is 7.36. The van der Waals surface area contributed by atoms with Crippen molar-refractivity contribution in [2.75, 3.05) is 6.54 Å². The lowest BCUT2D eigenvalue weighted by molar-refractivity contribution is 0.0951. The predicted octanol–water partition coefficient (Wildman–Crippen LogP) is 3.92. The van der Waals surface area contributed by atoms with Crippen molar-refractivity contribution >= 4 is 37.8 Å². The Kier molecular flexibility index (Phi) is 7.47. The average molecular weight is 602 g/mol. The van der Waals surface area contributed by atoms with Gasteiger partial charge in [0.25, 0.3) is 11.5 Å². The van der Waals surface area contributed by atoms with Crippen molar-refractivity contribution in [2.45, 2.75) is 6.42 Å². The van der Waals surface area contributed by atoms with Gasteiger partial charge in [-0.15, -0.1) is 0 Å². The predicted molar refractivity (Wildman–Crippen MR) is 137 cm³/mol. The van der Waals surface area contributed by atoms with Gasteiger partial charge in [-0.05, 0) is 74.2 Å². The summed E-state index contributed by atoms with van der Waals surface area (Å²) in [5.41, 5.74) is 0.250. The van der Waals surface area contributed by atoms with E-state index in [4.69, 9.17) is 4.74 Å². The molecule has 0 aliphatic heterocycles. The van der Waals surface area contributed by atoms with Crippen LogP contribution in [-0.4, -0.2) is 32.3 Å². The second-order valence-corrected chi connectivity index (χ2v) is 9.07. The monoisotopic (exact) mass is 600 g/mol. The summed E-state index contributed by atoms with van der Waals surface area (Å²) in [7, 11) is 0. The Morgan fingerprint density at radius 1 is 1.06 bits per heavy atom. The van der Waals surface area contributed by atoms with Crippen LogP contribution in [0.1, 0.15) is 15.9 Å². The van der Waals surface area contributed by atoms with Gasteiger partial charge in [-0.3, -0.25) is 14.6 Å². The minimum Gasteiger partial charge on any atom is -0.507 e. The number of hydrogen-bond donors (Lipinski definition) is 3. The third kappa shape index (κ3) is 5.87. The first-order chi connectivity index (χ1) is 16.8. The molecule has 0 bridgehead atoms. The van der Waals surface area contributed by atoms with Crippen LogP contribution in [0.25, 0.3) is 5.69 Å². The fourth-order valence-corrected chi connectivity index (χ4v) is 4.57. The van der Waals surface area contributed by atoms with E-state index in [9.17, 15) is 19.5 Å². The zero-order valence-corrected chi connectivity index (χ0v) is 21.2. The van der Waals surface area contributed by atoms with E-state index < -0.39 is 17.2 Å². The first kappa shape index (κ1) is 24.4. The van der Waals surface area contributed by atoms with Crippen LogP contribution in [-0.2, 0) is 6.42 Å². The molecule has 11 heteroatoms. The molecule has 4 rings (SSSR count). The number of aromatic nitrogens is 3. The maximum atomic E-state index is 12.6. The third-order valence-electron chi connectivity index (χ3n) is 4.92. The molecule has 3 aromatic carbocycles. The third-order valence-corrected chi connectivity index (χ3v) is 6.09. The minimum absolute atomic E-state index is 0.0726. The molecular formula is C24H18Br2N4O5. The van der Waals surface area contributed by atoms with Crippen molar-refractivity contribution < 1.29 is 14.6 Å². The number of rotatable bonds is 7. The SMILES string of the molecule is O=C(NCCc1ccccc1)c1cc(Oc2c(Br)cc(-n3ncc(=O)[nH]c3=O)cc2Br)ccc1O. The number of phenolic OH excluding ortho intramolecular Hbond substituents is 1. The van der Waals surface area contributed by atoms with Crippen LogP contribution in [0.15, 0.2) is 85.4 Å². The summed E-state index contributed by atoms with van der Waals surface area (Å²) in [6, 6.07) is 17.3. The van der Waals surface area contributed by atoms with Gasteiger partial charge >= 0.3 is 5.69 Å². The molecule has 178 valence electrons. The number of phenols is 1. The summed E-state index contributed by atoms with van der Waals surface area (Å²) in [6.07, 6.45) is 1.65. The molecule has 4 aromatic rings. The lowest BCUT2D eigenvalue weighted by atomic mass is 10.1. The fourth-order valence-electron chi connectivity index (χ4n) is 3.24. The Morgan fingerprint density at radius 2 is 1.77 bits per heavy atom. The molecule has 0 fully saturated rings. The molecule has 1 amide bonds. The van der Waals surface area contributed by atoms with Crippen LogP contribution in [0.2, 0.25) is 0 Å². The Labute approximate surface area is 215 Å². The number of carbonyl (C=O) groups excluding carboxylic acids is 1. The van der Waals surface area contributed by atoms with Gasteiger partial charge in [-0.25, -0.2) is 4.79 Å². The summed E-state index contributed by atoms with van der Waals surface area (Å²) in [6.45, 7) is 0.407. The van der Waals surface area contributed by atoms with Crippen molar-refractivity contribution in [2.24, 2.45) is 0 Å². The molecule has 1 heterocycles. The van der Waals surface area contributed by atoms with Crippen LogP contribution >= 0.6 is 31.9 Å². The van der Waals surface area contributed by atoms with E-state index in [1.54, 1.807) is 12.1 Å². The number of benzene rings is 3. The number of nitrogens with one attached hydrogen (secondary N) is 2. The molecule has 0 aliphatic carbocycles. The molecule has 0 spiro atoms. The van der Waals surface area contributed by atoms with E-state index in [0.29, 0.717) is 39.1 Å². The van der Waals surface area contributed by atoms with Gasteiger partial charge in [0, 0.05) is 6.54 Å². The van der Waals surface area contributed by atoms with E-state index in [-0.39, 0.29) is 11.3 Å². The molecule has 0 unspecified atom stereocenters. The normalized spacial score (nSPS) is 10.7. The highest BCUT2D eigenvalue weighted by Crippen LogP contribution is 2.39. The molecule has 3 N–H and O–H groups in total. The van der Waals surface area contributed by atoms with Crippen molar-refractivity contribution in [3.8, 4) is 22.9 Å². The van der Waals surface area contributed by atoms with Gasteiger partial charge < -0.3 is 15.2 Å². The van der Waals surface area contributed by atoms with Crippen molar-refractivity contribution in [1.29, 1.82) is 0 Å². The molecule has 0 atom stereocenters. The maximum Gasteiger partial charge on any atom is 0.349 e. The number of ether oxygens (including phenoxy) is 1. The first-order valence-electron chi connectivity index (χ1n) is 10.3. The lowest BCUT2D eigenvalue weighted by Gasteiger charge is -2.14. The van der Waals surface area contributed by atoms with Crippen molar-refractivity contribution in [3.63, 3.8) is 0 Å². The Balaban J connectivity index is 1.52. The van der Waals surface area contributed by atoms with E-state index in [0.717, 1.165) is 16.4 Å². The van der Waals surface area contributed by atoms with E-state index in [2.05, 4.69) is 47.3 Å². The maximum absolute atomic E-state index is 12.6. The summed E-state index contributed by atoms with van der Waals surface area (Å²) in [5, 5.41) is 16.8. The summed E-state index contributed by atoms with van der Waals surface area (Å²) in [4.78, 5) is 38.1. The largest absolute Gasteiger partial charge is 0.507 e. The van der Waals surface area contributed by atoms with Crippen LogP contribution < -0.4 is 21.3 Å². The summed E-state index contributed by atoms with van der Waals surface area (Å²) >= 11 is 6.82. The molecule has 0 saturated carbocycles. The zero-order valence-electron chi connectivity index (χ0n) is 18.0. The summed E-state index contributed by atoms with van der Waals surface area (Å²) in [5.74, 6) is 0.0734. The zero-order chi connectivity index (χ0) is 24.9. The number of aromatic hydroxyl groups is 1. The molecule has 9 nitrogen and oxygen atoms in total. The summed E-state index contributed by atoms with van der Waals surface area (Å²) < 4.78 is 7.93. The number of halogens is 2. The van der Waals surface area contributed by atoms with Gasteiger partial charge in [0.05, 0.1) is 20.2 Å². The van der Waals surface area contributed by atoms with E-state index in [1.807, 2.05) is 30.3 Å². The number of carbonyl (C=O) groups is 1. The van der Waals surface area contributed by atoms with Crippen molar-refractivity contribution in [1.82, 2.24) is 20.1 Å². The standard InChI is InChI=1S/C24H18Br2N4O5/c25-18-10-15(30-24(34)29-21(32)13-28-30)11-19(26)22(18)35-16-6-7-20(31)17(12-16)23(33)27-9-8-14-4-2-1-3-5-14/h1-7,10-13,31H,8-9H2,(H,27,33)(H,29,32,34). The Hall–Kier alpha value is -3.70. The number of aromatic amines is 1. The average Bonchev–Trinajstić information content (AvgIpc) is 2.83. The number of amides is 1. The first-order valence-corrected chi connectivity index (χ1v) is 11.9. The fraction of sp³-hybridized carbons (Fsp3) is 0.0833. The van der Waals surface area contributed by atoms with Gasteiger partial charge in [0.1, 0.15) is 17.7 Å². The lowest BCUT2D eigenvalue weighted by Crippen LogP contribution is -2.30. The number of hydrogen-bond acceptors (Lipinski definition) is 6.